The second-order valence-corrected chi connectivity index (χ2v) is 3.18. The zero-order chi connectivity index (χ0) is 10.5. The monoisotopic (exact) mass is 198 g/mol. The average molecular weight is 198 g/mol. The van der Waals surface area contributed by atoms with Gasteiger partial charge in [0.25, 0.3) is 0 Å². The zero-order valence-electron chi connectivity index (χ0n) is 8.39. The molecular formula is C13H12NO. The van der Waals surface area contributed by atoms with E-state index >= 15 is 0 Å². The Kier molecular flexibility index (Phi) is 2.98. The first-order chi connectivity index (χ1) is 7.38. The molecule has 0 fully saturated rings. The minimum Gasteiger partial charge on any atom is -0.457 e. The highest BCUT2D eigenvalue weighted by molar-refractivity contribution is 5.32. The van der Waals surface area contributed by atoms with Crippen molar-refractivity contribution in [3.63, 3.8) is 0 Å². The van der Waals surface area contributed by atoms with E-state index in [1.54, 1.807) is 12.4 Å². The molecule has 0 aliphatic heterocycles. The molecule has 0 amide bonds. The van der Waals surface area contributed by atoms with Gasteiger partial charge in [-0.2, -0.15) is 0 Å². The van der Waals surface area contributed by atoms with Crippen molar-refractivity contribution in [3.8, 4) is 11.5 Å². The SMILES string of the molecule is [CH2]Cc1ccc(Oc2ccncc2)cc1. The Bertz CT molecular complexity index is 408. The largest absolute Gasteiger partial charge is 0.457 e. The molecule has 0 aliphatic carbocycles. The van der Waals surface area contributed by atoms with Crippen molar-refractivity contribution in [2.24, 2.45) is 0 Å². The third-order valence-corrected chi connectivity index (χ3v) is 2.10. The Hall–Kier alpha value is -1.83. The summed E-state index contributed by atoms with van der Waals surface area (Å²) >= 11 is 0. The molecule has 1 heterocycles. The van der Waals surface area contributed by atoms with Crippen LogP contribution in [0.4, 0.5) is 0 Å². The molecular weight excluding hydrogens is 186 g/mol. The quantitative estimate of drug-likeness (QED) is 0.755. The first-order valence-corrected chi connectivity index (χ1v) is 4.84. The molecule has 1 aromatic carbocycles. The molecule has 2 rings (SSSR count). The Labute approximate surface area is 89.6 Å². The number of pyridine rings is 1. The van der Waals surface area contributed by atoms with Crippen molar-refractivity contribution >= 4 is 0 Å². The van der Waals surface area contributed by atoms with Gasteiger partial charge in [-0.3, -0.25) is 4.98 Å². The van der Waals surface area contributed by atoms with Crippen LogP contribution in [0.3, 0.4) is 0 Å². The molecule has 0 bridgehead atoms. The summed E-state index contributed by atoms with van der Waals surface area (Å²) in [6.07, 6.45) is 4.22. The van der Waals surface area contributed by atoms with Gasteiger partial charge in [-0.15, -0.1) is 0 Å². The van der Waals surface area contributed by atoms with E-state index in [9.17, 15) is 0 Å². The highest BCUT2D eigenvalue weighted by Gasteiger charge is 1.96. The third-order valence-electron chi connectivity index (χ3n) is 2.10. The van der Waals surface area contributed by atoms with E-state index in [4.69, 9.17) is 4.74 Å². The zero-order valence-corrected chi connectivity index (χ0v) is 8.39. The van der Waals surface area contributed by atoms with Crippen LogP contribution in [0.5, 0.6) is 11.5 Å². The van der Waals surface area contributed by atoms with Crippen molar-refractivity contribution in [1.29, 1.82) is 0 Å². The van der Waals surface area contributed by atoms with Gasteiger partial charge in [0.05, 0.1) is 0 Å². The van der Waals surface area contributed by atoms with Crippen molar-refractivity contribution in [3.05, 3.63) is 61.3 Å². The number of aromatic nitrogens is 1. The molecule has 0 aliphatic rings. The smallest absolute Gasteiger partial charge is 0.130 e. The number of hydrogen-bond acceptors (Lipinski definition) is 2. The second kappa shape index (κ2) is 4.60. The highest BCUT2D eigenvalue weighted by atomic mass is 16.5. The molecule has 75 valence electrons. The van der Waals surface area contributed by atoms with Gasteiger partial charge in [0.1, 0.15) is 11.5 Å². The number of ether oxygens (including phenoxy) is 1. The maximum absolute atomic E-state index is 5.62. The second-order valence-electron chi connectivity index (χ2n) is 3.18. The summed E-state index contributed by atoms with van der Waals surface area (Å²) in [4.78, 5) is 3.93. The van der Waals surface area contributed by atoms with E-state index < -0.39 is 0 Å². The summed E-state index contributed by atoms with van der Waals surface area (Å²) < 4.78 is 5.62. The van der Waals surface area contributed by atoms with Gasteiger partial charge in [0.2, 0.25) is 0 Å². The number of benzene rings is 1. The minimum atomic E-state index is 0.798. The van der Waals surface area contributed by atoms with Gasteiger partial charge in [-0.1, -0.05) is 12.1 Å². The molecule has 1 aromatic heterocycles. The van der Waals surface area contributed by atoms with Crippen molar-refractivity contribution in [2.45, 2.75) is 6.42 Å². The molecule has 0 spiro atoms. The summed E-state index contributed by atoms with van der Waals surface area (Å²) in [6.45, 7) is 3.82. The van der Waals surface area contributed by atoms with Gasteiger partial charge in [-0.05, 0) is 43.2 Å². The van der Waals surface area contributed by atoms with Crippen LogP contribution in [0.1, 0.15) is 5.56 Å². The Morgan fingerprint density at radius 1 is 0.933 bits per heavy atom. The fraction of sp³-hybridized carbons (Fsp3) is 0.0769. The van der Waals surface area contributed by atoms with Gasteiger partial charge in [0, 0.05) is 12.4 Å². The van der Waals surface area contributed by atoms with Gasteiger partial charge < -0.3 is 4.74 Å². The molecule has 0 unspecified atom stereocenters. The van der Waals surface area contributed by atoms with Crippen LogP contribution in [0.15, 0.2) is 48.8 Å². The van der Waals surface area contributed by atoms with E-state index in [-0.39, 0.29) is 0 Å². The van der Waals surface area contributed by atoms with Crippen LogP contribution in [-0.2, 0) is 6.42 Å². The molecule has 2 aromatic rings. The molecule has 2 nitrogen and oxygen atoms in total. The number of nitrogens with zero attached hydrogens (tertiary/aromatic N) is 1. The van der Waals surface area contributed by atoms with Crippen molar-refractivity contribution in [2.75, 3.05) is 0 Å². The number of rotatable bonds is 3. The van der Waals surface area contributed by atoms with Crippen LogP contribution in [0.2, 0.25) is 0 Å². The summed E-state index contributed by atoms with van der Waals surface area (Å²) in [5.74, 6) is 1.63. The van der Waals surface area contributed by atoms with Crippen LogP contribution in [0.25, 0.3) is 0 Å². The molecule has 0 atom stereocenters. The summed E-state index contributed by atoms with van der Waals surface area (Å²) in [6, 6.07) is 11.6. The minimum absolute atomic E-state index is 0.798. The molecule has 0 saturated carbocycles. The standard InChI is InChI=1S/C13H12NO/c1-2-11-3-5-12(6-4-11)15-13-7-9-14-10-8-13/h3-10H,1-2H2. The lowest BCUT2D eigenvalue weighted by molar-refractivity contribution is 0.482. The van der Waals surface area contributed by atoms with E-state index in [2.05, 4.69) is 11.9 Å². The maximum Gasteiger partial charge on any atom is 0.130 e. The third kappa shape index (κ3) is 2.56. The molecule has 2 heteroatoms. The van der Waals surface area contributed by atoms with Crippen LogP contribution >= 0.6 is 0 Å². The van der Waals surface area contributed by atoms with Crippen LogP contribution < -0.4 is 4.74 Å². The first-order valence-electron chi connectivity index (χ1n) is 4.84. The predicted octanol–water partition coefficient (Wildman–Crippen LogP) is 3.25. The van der Waals surface area contributed by atoms with Crippen LogP contribution in [-0.4, -0.2) is 4.98 Å². The highest BCUT2D eigenvalue weighted by Crippen LogP contribution is 2.20. The van der Waals surface area contributed by atoms with Gasteiger partial charge >= 0.3 is 0 Å². The first kappa shape index (κ1) is 9.71. The lowest BCUT2D eigenvalue weighted by Gasteiger charge is -2.05. The summed E-state index contributed by atoms with van der Waals surface area (Å²) in [7, 11) is 0. The number of hydrogen-bond donors (Lipinski definition) is 0. The fourth-order valence-electron chi connectivity index (χ4n) is 1.27. The molecule has 1 radical (unpaired) electrons. The maximum atomic E-state index is 5.62. The molecule has 0 saturated heterocycles. The average Bonchev–Trinajstić information content (AvgIpc) is 2.31. The van der Waals surface area contributed by atoms with E-state index in [0.717, 1.165) is 17.9 Å². The van der Waals surface area contributed by atoms with Gasteiger partial charge in [0.15, 0.2) is 0 Å². The predicted molar refractivity (Wildman–Crippen MR) is 59.8 cm³/mol. The Balaban J connectivity index is 2.11. The van der Waals surface area contributed by atoms with Crippen molar-refractivity contribution in [1.82, 2.24) is 4.98 Å². The van der Waals surface area contributed by atoms with E-state index in [1.807, 2.05) is 36.4 Å². The Morgan fingerprint density at radius 3 is 2.13 bits per heavy atom. The lowest BCUT2D eigenvalue weighted by Crippen LogP contribution is -1.85. The summed E-state index contributed by atoms with van der Waals surface area (Å²) in [5.41, 5.74) is 1.21. The van der Waals surface area contributed by atoms with E-state index in [1.165, 1.54) is 5.56 Å². The fourth-order valence-corrected chi connectivity index (χ4v) is 1.27. The van der Waals surface area contributed by atoms with Crippen molar-refractivity contribution < 1.29 is 4.74 Å². The normalized spacial score (nSPS) is 9.93. The van der Waals surface area contributed by atoms with E-state index in [0.29, 0.717) is 0 Å². The molecule has 15 heavy (non-hydrogen) atoms. The molecule has 0 N–H and O–H groups in total. The lowest BCUT2D eigenvalue weighted by atomic mass is 10.2. The Morgan fingerprint density at radius 2 is 1.53 bits per heavy atom. The summed E-state index contributed by atoms with van der Waals surface area (Å²) in [5, 5.41) is 0. The van der Waals surface area contributed by atoms with Crippen LogP contribution in [0, 0.1) is 6.92 Å². The topological polar surface area (TPSA) is 22.1 Å². The van der Waals surface area contributed by atoms with Gasteiger partial charge in [-0.25, -0.2) is 0 Å².